The highest BCUT2D eigenvalue weighted by Gasteiger charge is 2.64. The third kappa shape index (κ3) is 8.84. The van der Waals surface area contributed by atoms with Crippen LogP contribution in [0.3, 0.4) is 0 Å². The molecule has 3 aromatic carbocycles. The van der Waals surface area contributed by atoms with E-state index in [2.05, 4.69) is 53.5 Å². The van der Waals surface area contributed by atoms with E-state index in [-0.39, 0.29) is 38.3 Å². The molecule has 322 valence electrons. The predicted octanol–water partition coefficient (Wildman–Crippen LogP) is 6.33. The average molecular weight is 853 g/mol. The molecule has 2 bridgehead atoms. The van der Waals surface area contributed by atoms with Crippen LogP contribution in [0.4, 0.5) is 0 Å². The Balaban J connectivity index is 1.39. The van der Waals surface area contributed by atoms with Crippen LogP contribution in [0.1, 0.15) is 62.6 Å². The zero-order chi connectivity index (χ0) is 43.3. The molecule has 2 fully saturated rings. The van der Waals surface area contributed by atoms with Gasteiger partial charge in [0.05, 0.1) is 46.5 Å². The summed E-state index contributed by atoms with van der Waals surface area (Å²) in [5, 5.41) is 15.4. The second-order valence-corrected chi connectivity index (χ2v) is 17.0. The molecule has 16 nitrogen and oxygen atoms in total. The maximum Gasteiger partial charge on any atom is 0.351 e. The molecular weight excluding hydrogens is 800 g/mol. The summed E-state index contributed by atoms with van der Waals surface area (Å²) in [5.74, 6) is 1.73. The summed E-state index contributed by atoms with van der Waals surface area (Å²) in [4.78, 5) is 29.2. The van der Waals surface area contributed by atoms with E-state index in [1.165, 1.54) is 21.9 Å². The van der Waals surface area contributed by atoms with Gasteiger partial charge < -0.3 is 28.0 Å². The number of rotatable bonds is 18. The van der Waals surface area contributed by atoms with Gasteiger partial charge in [-0.2, -0.15) is 20.4 Å². The number of fused-ring (bicyclic) bond motifs is 2. The van der Waals surface area contributed by atoms with E-state index < -0.39 is 43.9 Å². The van der Waals surface area contributed by atoms with Crippen LogP contribution in [0.25, 0.3) is 5.82 Å². The van der Waals surface area contributed by atoms with Gasteiger partial charge in [0.15, 0.2) is 18.1 Å². The van der Waals surface area contributed by atoms with Gasteiger partial charge in [0.25, 0.3) is 8.53 Å². The highest BCUT2D eigenvalue weighted by atomic mass is 31.2. The van der Waals surface area contributed by atoms with Gasteiger partial charge in [0.2, 0.25) is 0 Å². The van der Waals surface area contributed by atoms with Crippen LogP contribution >= 0.6 is 8.53 Å². The monoisotopic (exact) mass is 852 g/mol. The number of hydrogen-bond donors (Lipinski definition) is 0. The molecule has 5 atom stereocenters. The lowest BCUT2D eigenvalue weighted by Gasteiger charge is -2.46. The molecule has 0 radical (unpaired) electrons. The SMILES string of the molecule is COc1ccc(C(OC[C@]23CN(C)O[C@@H](C2OP(OCCC#N)N(C(C)C)C(C)C)[C@H](n2cc(C)c(-n4cncn4)nc2=O)O3)(c2ccccc2)c2ccc(OC)cc2)cc1. The number of likely N-dealkylation sites (N-methyl/N-ethyl adjacent to an activating group) is 1. The van der Waals surface area contributed by atoms with Gasteiger partial charge in [0, 0.05) is 30.9 Å². The summed E-state index contributed by atoms with van der Waals surface area (Å²) in [6.45, 7) is 10.4. The van der Waals surface area contributed by atoms with Crippen LogP contribution in [-0.4, -0.2) is 105 Å². The smallest absolute Gasteiger partial charge is 0.351 e. The van der Waals surface area contributed by atoms with Gasteiger partial charge in [-0.3, -0.25) is 9.40 Å². The summed E-state index contributed by atoms with van der Waals surface area (Å²) in [7, 11) is 3.28. The van der Waals surface area contributed by atoms with Crippen LogP contribution in [0, 0.1) is 18.3 Å². The van der Waals surface area contributed by atoms with E-state index in [9.17, 15) is 10.1 Å². The molecular formula is C44H53N8O8P. The van der Waals surface area contributed by atoms with Gasteiger partial charge in [-0.25, -0.2) is 19.1 Å². The summed E-state index contributed by atoms with van der Waals surface area (Å²) in [6, 6.07) is 27.8. The second-order valence-electron chi connectivity index (χ2n) is 15.6. The van der Waals surface area contributed by atoms with Crippen LogP contribution in [0.15, 0.2) is 103 Å². The summed E-state index contributed by atoms with van der Waals surface area (Å²) >= 11 is 0. The van der Waals surface area contributed by atoms with E-state index in [0.717, 1.165) is 16.7 Å². The quantitative estimate of drug-likeness (QED) is 0.0546. The zero-order valence-electron chi connectivity index (χ0n) is 35.7. The highest BCUT2D eigenvalue weighted by Crippen LogP contribution is 2.55. The summed E-state index contributed by atoms with van der Waals surface area (Å²) < 4.78 is 44.7. The first-order chi connectivity index (χ1) is 29.4. The second kappa shape index (κ2) is 18.9. The summed E-state index contributed by atoms with van der Waals surface area (Å²) in [5.41, 5.74) is 0.105. The van der Waals surface area contributed by atoms with Crippen molar-refractivity contribution in [2.45, 2.75) is 82.8 Å². The van der Waals surface area contributed by atoms with E-state index in [0.29, 0.717) is 22.9 Å². The van der Waals surface area contributed by atoms with Crippen LogP contribution in [0.2, 0.25) is 0 Å². The van der Waals surface area contributed by atoms with Crippen molar-refractivity contribution in [2.75, 3.05) is 41.0 Å². The number of nitriles is 1. The Hall–Kier alpha value is -5.08. The van der Waals surface area contributed by atoms with Crippen molar-refractivity contribution in [1.29, 1.82) is 5.26 Å². The van der Waals surface area contributed by atoms with Gasteiger partial charge in [-0.05, 0) is 75.6 Å². The normalized spacial score (nSPS) is 20.9. The number of aromatic nitrogens is 5. The topological polar surface area (TPSA) is 160 Å². The number of hydrogen-bond acceptors (Lipinski definition) is 14. The Kier molecular flexibility index (Phi) is 13.6. The minimum absolute atomic E-state index is 0.0108. The highest BCUT2D eigenvalue weighted by molar-refractivity contribution is 7.44. The van der Waals surface area contributed by atoms with Gasteiger partial charge >= 0.3 is 5.69 Å². The fourth-order valence-electron chi connectivity index (χ4n) is 8.20. The van der Waals surface area contributed by atoms with Crippen molar-refractivity contribution >= 4 is 8.53 Å². The summed E-state index contributed by atoms with van der Waals surface area (Å²) in [6.07, 6.45) is 1.98. The molecule has 0 aliphatic carbocycles. The van der Waals surface area contributed by atoms with Crippen molar-refractivity contribution in [3.05, 3.63) is 130 Å². The van der Waals surface area contributed by atoms with Gasteiger partial charge in [0.1, 0.15) is 41.5 Å². The molecule has 17 heteroatoms. The van der Waals surface area contributed by atoms with Crippen LogP contribution in [-0.2, 0) is 29.0 Å². The zero-order valence-corrected chi connectivity index (χ0v) is 36.6. The third-order valence-corrected chi connectivity index (χ3v) is 12.9. The molecule has 0 amide bonds. The number of ether oxygens (including phenoxy) is 4. The maximum atomic E-state index is 14.1. The molecule has 2 unspecified atom stereocenters. The Morgan fingerprint density at radius 3 is 2.15 bits per heavy atom. The van der Waals surface area contributed by atoms with Crippen molar-refractivity contribution in [3.63, 3.8) is 0 Å². The predicted molar refractivity (Wildman–Crippen MR) is 227 cm³/mol. The lowest BCUT2D eigenvalue weighted by molar-refractivity contribution is -0.258. The fourth-order valence-corrected chi connectivity index (χ4v) is 10.0. The number of aryl methyl sites for hydroxylation is 1. The Morgan fingerprint density at radius 1 is 0.967 bits per heavy atom. The molecule has 5 aromatic rings. The van der Waals surface area contributed by atoms with Crippen molar-refractivity contribution < 1.29 is 32.8 Å². The molecule has 7 rings (SSSR count). The molecule has 0 N–H and O–H groups in total. The van der Waals surface area contributed by atoms with E-state index in [4.69, 9.17) is 32.8 Å². The number of benzene rings is 3. The first-order valence-corrected chi connectivity index (χ1v) is 21.3. The Morgan fingerprint density at radius 2 is 1.59 bits per heavy atom. The van der Waals surface area contributed by atoms with E-state index in [1.54, 1.807) is 25.5 Å². The lowest BCUT2D eigenvalue weighted by atomic mass is 9.79. The number of nitrogens with zero attached hydrogens (tertiary/aromatic N) is 8. The van der Waals surface area contributed by atoms with E-state index in [1.807, 2.05) is 92.8 Å². The fraction of sp³-hybridized carbons (Fsp3) is 0.432. The van der Waals surface area contributed by atoms with Crippen molar-refractivity contribution in [2.24, 2.45) is 0 Å². The van der Waals surface area contributed by atoms with Gasteiger partial charge in [-0.1, -0.05) is 54.6 Å². The molecule has 0 spiro atoms. The molecule has 2 aliphatic heterocycles. The lowest BCUT2D eigenvalue weighted by Crippen LogP contribution is -2.61. The molecule has 61 heavy (non-hydrogen) atoms. The number of methoxy groups -OCH3 is 2. The molecule has 2 saturated heterocycles. The minimum atomic E-state index is -1.81. The average Bonchev–Trinajstić information content (AvgIpc) is 3.85. The molecule has 0 saturated carbocycles. The largest absolute Gasteiger partial charge is 0.497 e. The van der Waals surface area contributed by atoms with Crippen LogP contribution in [0.5, 0.6) is 11.5 Å². The molecule has 4 heterocycles. The van der Waals surface area contributed by atoms with E-state index >= 15 is 0 Å². The Labute approximate surface area is 357 Å². The van der Waals surface area contributed by atoms with Crippen molar-refractivity contribution in [3.8, 4) is 23.4 Å². The third-order valence-electron chi connectivity index (χ3n) is 10.8. The van der Waals surface area contributed by atoms with Crippen LogP contribution < -0.4 is 15.2 Å². The first-order valence-electron chi connectivity index (χ1n) is 20.2. The standard InChI is InChI=1S/C44H53N8O8P/c1-30(2)52(31(3)4)61(57-24-12-23-45)60-39-38-41(50-25-32(5)40(48-42(50)53)51-29-46-28-47-51)58-43(39,26-49(6)59-38)27-56-44(33-13-10-9-11-14-33,34-15-19-36(54-7)20-16-34)35-17-21-37(55-8)22-18-35/h9-11,13-22,25,28-31,38-39,41H,12,24,26-27H2,1-8H3/t38-,39?,41+,43+,61?/m0/s1. The molecule has 2 aromatic heterocycles. The number of hydroxylamine groups is 2. The first kappa shape index (κ1) is 44.0. The molecule has 2 aliphatic rings. The van der Waals surface area contributed by atoms with Gasteiger partial charge in [-0.15, -0.1) is 0 Å². The Bertz CT molecular complexity index is 2250. The van der Waals surface area contributed by atoms with Crippen molar-refractivity contribution in [1.82, 2.24) is 34.0 Å². The minimum Gasteiger partial charge on any atom is -0.497 e. The maximum absolute atomic E-state index is 14.1.